The first-order valence-electron chi connectivity index (χ1n) is 24.2. The average molecular weight is 967 g/mol. The van der Waals surface area contributed by atoms with Gasteiger partial charge in [0.15, 0.2) is 8.32 Å². The molecule has 368 valence electrons. The SMILES string of the molecule is COC(=O)/C=C/O[C@@H]1C[C@H](OCc2ccccc2)[C@@H](COCc2ccccc2)O[C@@]1(C)[C@@H](C[C@@H](O[C@H]1C=CCO[C@@H]1CO[Si](C(C)C)(C(C)C)C(C)C)Sc1ccccc1)OCc1ccccc1. The van der Waals surface area contributed by atoms with Gasteiger partial charge in [0.25, 0.3) is 0 Å². The van der Waals surface area contributed by atoms with E-state index in [0.717, 1.165) is 21.6 Å². The number of ether oxygens (including phenoxy) is 8. The van der Waals surface area contributed by atoms with Gasteiger partial charge in [-0.25, -0.2) is 4.79 Å². The molecule has 8 atom stereocenters. The van der Waals surface area contributed by atoms with E-state index in [9.17, 15) is 4.79 Å². The number of hydrogen-bond donors (Lipinski definition) is 0. The van der Waals surface area contributed by atoms with Crippen LogP contribution in [0.15, 0.2) is 151 Å². The smallest absolute Gasteiger partial charge is 0.333 e. The molecule has 4 aromatic rings. The average Bonchev–Trinajstić information content (AvgIpc) is 3.34. The van der Waals surface area contributed by atoms with Crippen LogP contribution in [0, 0.1) is 0 Å². The third-order valence-corrected chi connectivity index (χ3v) is 20.4. The van der Waals surface area contributed by atoms with Crippen molar-refractivity contribution in [1.29, 1.82) is 0 Å². The number of rotatable bonds is 26. The minimum Gasteiger partial charge on any atom is -0.495 e. The standard InChI is InChI=1S/C56H74O10SSi/c1-41(2)68(42(3)4,43(5)6)64-40-50-48(30-21-32-60-50)65-55(67-47-28-19-12-20-29-47)35-53(63-38-46-26-17-11-18-27-46)56(7)52(61-33-31-54(57)58-8)34-49(62-37-45-24-15-10-16-25-45)51(66-56)39-59-36-44-22-13-9-14-23-44/h9-31,33,41-43,48-53,55H,32,34-40H2,1-8H3/b33-31+/t48-,49-,50+,51+,52+,53+,55-,56+/m0/s1. The van der Waals surface area contributed by atoms with Crippen LogP contribution in [0.25, 0.3) is 0 Å². The normalized spacial score (nSPS) is 23.0. The van der Waals surface area contributed by atoms with E-state index in [0.29, 0.717) is 62.5 Å². The third-order valence-electron chi connectivity index (χ3n) is 13.2. The second-order valence-electron chi connectivity index (χ2n) is 18.8. The highest BCUT2D eigenvalue weighted by Crippen LogP contribution is 2.44. The van der Waals surface area contributed by atoms with Gasteiger partial charge in [-0.2, -0.15) is 0 Å². The van der Waals surface area contributed by atoms with Crippen LogP contribution in [0.4, 0.5) is 0 Å². The maximum absolute atomic E-state index is 12.4. The van der Waals surface area contributed by atoms with Crippen LogP contribution in [-0.2, 0) is 66.9 Å². The highest BCUT2D eigenvalue weighted by atomic mass is 32.2. The first-order chi connectivity index (χ1) is 32.9. The zero-order valence-corrected chi connectivity index (χ0v) is 43.1. The van der Waals surface area contributed by atoms with Gasteiger partial charge >= 0.3 is 5.97 Å². The summed E-state index contributed by atoms with van der Waals surface area (Å²) in [5.74, 6) is -0.534. The van der Waals surface area contributed by atoms with Gasteiger partial charge in [0.1, 0.15) is 35.5 Å². The molecule has 0 aliphatic carbocycles. The van der Waals surface area contributed by atoms with Gasteiger partial charge in [-0.1, -0.05) is 175 Å². The van der Waals surface area contributed by atoms with Gasteiger partial charge in [0.2, 0.25) is 0 Å². The molecular formula is C56H74O10SSi. The van der Waals surface area contributed by atoms with Crippen LogP contribution in [0.2, 0.25) is 16.6 Å². The number of carbonyl (C=O) groups excluding carboxylic acids is 1. The molecule has 10 nitrogen and oxygen atoms in total. The molecule has 0 spiro atoms. The minimum atomic E-state index is -2.21. The molecule has 2 aliphatic rings. The number of hydrogen-bond acceptors (Lipinski definition) is 11. The predicted molar refractivity (Wildman–Crippen MR) is 272 cm³/mol. The Kier molecular flexibility index (Phi) is 21.0. The molecule has 0 N–H and O–H groups in total. The zero-order valence-electron chi connectivity index (χ0n) is 41.3. The molecule has 1 fully saturated rings. The van der Waals surface area contributed by atoms with Crippen LogP contribution in [0.3, 0.4) is 0 Å². The summed E-state index contributed by atoms with van der Waals surface area (Å²) in [5.41, 5.74) is 2.78. The fourth-order valence-electron chi connectivity index (χ4n) is 9.73. The molecule has 2 aliphatic heterocycles. The quantitative estimate of drug-likeness (QED) is 0.0114. The molecule has 68 heavy (non-hydrogen) atoms. The molecule has 6 rings (SSSR count). The Morgan fingerprint density at radius 2 is 1.34 bits per heavy atom. The molecule has 2 heterocycles. The Bertz CT molecular complexity index is 2090. The zero-order chi connectivity index (χ0) is 48.4. The second kappa shape index (κ2) is 26.8. The summed E-state index contributed by atoms with van der Waals surface area (Å²) in [7, 11) is -0.870. The summed E-state index contributed by atoms with van der Waals surface area (Å²) in [4.78, 5) is 13.5. The lowest BCUT2D eigenvalue weighted by Gasteiger charge is -2.51. The van der Waals surface area contributed by atoms with E-state index in [1.165, 1.54) is 19.4 Å². The van der Waals surface area contributed by atoms with Crippen molar-refractivity contribution >= 4 is 26.0 Å². The van der Waals surface area contributed by atoms with E-state index < -0.39 is 55.8 Å². The highest BCUT2D eigenvalue weighted by molar-refractivity contribution is 7.99. The van der Waals surface area contributed by atoms with E-state index in [2.05, 4.69) is 71.9 Å². The van der Waals surface area contributed by atoms with Crippen LogP contribution in [0.5, 0.6) is 0 Å². The monoisotopic (exact) mass is 966 g/mol. The van der Waals surface area contributed by atoms with E-state index in [1.54, 1.807) is 11.8 Å². The lowest BCUT2D eigenvalue weighted by atomic mass is 9.82. The van der Waals surface area contributed by atoms with Gasteiger partial charge in [0, 0.05) is 17.7 Å². The van der Waals surface area contributed by atoms with Crippen molar-refractivity contribution in [2.45, 2.75) is 150 Å². The summed E-state index contributed by atoms with van der Waals surface area (Å²) in [5, 5.41) is 0. The van der Waals surface area contributed by atoms with Crippen LogP contribution in [0.1, 0.15) is 78.0 Å². The van der Waals surface area contributed by atoms with Gasteiger partial charge < -0.3 is 42.3 Å². The van der Waals surface area contributed by atoms with Crippen molar-refractivity contribution in [3.05, 3.63) is 163 Å². The fraction of sp³-hybridized carbons (Fsp3) is 0.482. The summed E-state index contributed by atoms with van der Waals surface area (Å²) < 4.78 is 60.1. The molecule has 0 radical (unpaired) electrons. The first kappa shape index (κ1) is 53.3. The Hall–Kier alpha value is -4.08. The number of esters is 1. The van der Waals surface area contributed by atoms with Crippen molar-refractivity contribution in [3.63, 3.8) is 0 Å². The molecule has 4 aromatic carbocycles. The molecule has 0 aromatic heterocycles. The van der Waals surface area contributed by atoms with Gasteiger partial charge in [-0.15, -0.1) is 0 Å². The van der Waals surface area contributed by atoms with Crippen LogP contribution < -0.4 is 0 Å². The second-order valence-corrected chi connectivity index (χ2v) is 25.5. The minimum absolute atomic E-state index is 0.249. The highest BCUT2D eigenvalue weighted by Gasteiger charge is 2.54. The van der Waals surface area contributed by atoms with Gasteiger partial charge in [0.05, 0.1) is 71.3 Å². The Morgan fingerprint density at radius 1 is 0.765 bits per heavy atom. The molecule has 0 amide bonds. The van der Waals surface area contributed by atoms with Crippen LogP contribution >= 0.6 is 11.8 Å². The summed E-state index contributed by atoms with van der Waals surface area (Å²) in [6.07, 6.45) is 4.65. The largest absolute Gasteiger partial charge is 0.495 e. The maximum atomic E-state index is 12.4. The lowest BCUT2D eigenvalue weighted by Crippen LogP contribution is -2.63. The van der Waals surface area contributed by atoms with Crippen molar-refractivity contribution < 1.29 is 47.1 Å². The molecule has 0 saturated carbocycles. The summed E-state index contributed by atoms with van der Waals surface area (Å²) in [6.45, 7) is 18.1. The predicted octanol–water partition coefficient (Wildman–Crippen LogP) is 12.0. The number of carbonyl (C=O) groups is 1. The number of methoxy groups -OCH3 is 1. The summed E-state index contributed by atoms with van der Waals surface area (Å²) >= 11 is 1.64. The molecule has 1 saturated heterocycles. The lowest BCUT2D eigenvalue weighted by molar-refractivity contribution is -0.281. The molecule has 12 heteroatoms. The molecular weight excluding hydrogens is 893 g/mol. The van der Waals surface area contributed by atoms with E-state index in [1.807, 2.05) is 110 Å². The van der Waals surface area contributed by atoms with Crippen molar-refractivity contribution in [3.8, 4) is 0 Å². The fourth-order valence-corrected chi connectivity index (χ4v) is 16.3. The van der Waals surface area contributed by atoms with Crippen LogP contribution in [-0.4, -0.2) is 88.9 Å². The molecule has 0 unspecified atom stereocenters. The van der Waals surface area contributed by atoms with Crippen molar-refractivity contribution in [2.75, 3.05) is 26.9 Å². The van der Waals surface area contributed by atoms with Crippen molar-refractivity contribution in [1.82, 2.24) is 0 Å². The number of thioether (sulfide) groups is 1. The topological polar surface area (TPSA) is 100 Å². The van der Waals surface area contributed by atoms with E-state index >= 15 is 0 Å². The first-order valence-corrected chi connectivity index (χ1v) is 27.2. The Balaban J connectivity index is 1.36. The van der Waals surface area contributed by atoms with E-state index in [4.69, 9.17) is 42.3 Å². The van der Waals surface area contributed by atoms with Crippen molar-refractivity contribution in [2.24, 2.45) is 0 Å². The van der Waals surface area contributed by atoms with Gasteiger partial charge in [-0.3, -0.25) is 0 Å². The summed E-state index contributed by atoms with van der Waals surface area (Å²) in [6, 6.07) is 40.6. The Morgan fingerprint density at radius 3 is 1.93 bits per heavy atom. The van der Waals surface area contributed by atoms with Gasteiger partial charge in [-0.05, 0) is 52.4 Å². The molecule has 0 bridgehead atoms. The maximum Gasteiger partial charge on any atom is 0.333 e. The number of benzene rings is 4. The van der Waals surface area contributed by atoms with E-state index in [-0.39, 0.29) is 12.7 Å². The third kappa shape index (κ3) is 15.0. The Labute approximate surface area is 411 Å².